The minimum Gasteiger partial charge on any atom is -0.465 e. The zero-order chi connectivity index (χ0) is 13.9. The predicted molar refractivity (Wildman–Crippen MR) is 72.4 cm³/mol. The summed E-state index contributed by atoms with van der Waals surface area (Å²) in [6.07, 6.45) is 2.34. The van der Waals surface area contributed by atoms with Crippen molar-refractivity contribution in [3.05, 3.63) is 23.8 Å². The molecule has 0 amide bonds. The number of carbonyl (C=O) groups is 1. The molecule has 1 saturated heterocycles. The van der Waals surface area contributed by atoms with Crippen molar-refractivity contribution >= 4 is 11.7 Å². The number of rotatable bonds is 3. The van der Waals surface area contributed by atoms with Gasteiger partial charge in [-0.25, -0.2) is 9.89 Å². The number of benzene rings is 1. The lowest BCUT2D eigenvalue weighted by Crippen LogP contribution is -2.18. The minimum absolute atomic E-state index is 0.361. The van der Waals surface area contributed by atoms with Crippen molar-refractivity contribution in [1.82, 2.24) is 20.6 Å². The zero-order valence-electron chi connectivity index (χ0n) is 11.2. The largest absolute Gasteiger partial charge is 0.465 e. The fourth-order valence-corrected chi connectivity index (χ4v) is 2.42. The molecule has 0 saturated carbocycles. The van der Waals surface area contributed by atoms with Crippen LogP contribution in [0.3, 0.4) is 0 Å². The SMILES string of the molecule is COC(=O)c1cc(-c2nnn[nH]2)cc(N2CCCC2)c1. The molecular formula is C13H15N5O2. The van der Waals surface area contributed by atoms with Crippen LogP contribution in [0.2, 0.25) is 0 Å². The predicted octanol–water partition coefficient (Wildman–Crippen LogP) is 1.25. The molecule has 1 fully saturated rings. The minimum atomic E-state index is -0.361. The van der Waals surface area contributed by atoms with Crippen LogP contribution in [-0.2, 0) is 4.74 Å². The highest BCUT2D eigenvalue weighted by Gasteiger charge is 2.17. The second-order valence-electron chi connectivity index (χ2n) is 4.70. The number of methoxy groups -OCH3 is 1. The van der Waals surface area contributed by atoms with Crippen LogP contribution in [-0.4, -0.2) is 46.8 Å². The number of esters is 1. The summed E-state index contributed by atoms with van der Waals surface area (Å²) in [6, 6.07) is 5.57. The summed E-state index contributed by atoms with van der Waals surface area (Å²) >= 11 is 0. The first-order chi connectivity index (χ1) is 9.78. The first-order valence-corrected chi connectivity index (χ1v) is 6.50. The average Bonchev–Trinajstić information content (AvgIpc) is 3.18. The molecule has 1 N–H and O–H groups in total. The van der Waals surface area contributed by atoms with Gasteiger partial charge in [0.1, 0.15) is 0 Å². The second-order valence-corrected chi connectivity index (χ2v) is 4.70. The molecule has 3 rings (SSSR count). The molecule has 1 aliphatic heterocycles. The van der Waals surface area contributed by atoms with E-state index in [0.29, 0.717) is 11.4 Å². The highest BCUT2D eigenvalue weighted by Crippen LogP contribution is 2.27. The smallest absolute Gasteiger partial charge is 0.337 e. The molecule has 1 aromatic carbocycles. The van der Waals surface area contributed by atoms with E-state index in [1.807, 2.05) is 12.1 Å². The third kappa shape index (κ3) is 2.34. The van der Waals surface area contributed by atoms with Crippen molar-refractivity contribution in [2.24, 2.45) is 0 Å². The standard InChI is InChI=1S/C13H15N5O2/c1-20-13(19)10-6-9(12-14-16-17-15-12)7-11(8-10)18-4-2-3-5-18/h6-8H,2-5H2,1H3,(H,14,15,16,17). The van der Waals surface area contributed by atoms with Gasteiger partial charge in [0.05, 0.1) is 12.7 Å². The van der Waals surface area contributed by atoms with Crippen LogP contribution >= 0.6 is 0 Å². The fraction of sp³-hybridized carbons (Fsp3) is 0.385. The van der Waals surface area contributed by atoms with E-state index >= 15 is 0 Å². The number of hydrogen-bond acceptors (Lipinski definition) is 6. The molecule has 7 heteroatoms. The molecule has 0 atom stereocenters. The van der Waals surface area contributed by atoms with Gasteiger partial charge in [0.25, 0.3) is 0 Å². The van der Waals surface area contributed by atoms with Crippen LogP contribution in [0.5, 0.6) is 0 Å². The molecular weight excluding hydrogens is 258 g/mol. The molecule has 104 valence electrons. The Hall–Kier alpha value is -2.44. The number of nitrogens with one attached hydrogen (secondary N) is 1. The van der Waals surface area contributed by atoms with Gasteiger partial charge in [0.2, 0.25) is 0 Å². The van der Waals surface area contributed by atoms with Crippen LogP contribution in [0, 0.1) is 0 Å². The molecule has 0 spiro atoms. The average molecular weight is 273 g/mol. The number of carbonyl (C=O) groups excluding carboxylic acids is 1. The van der Waals surface area contributed by atoms with Crippen LogP contribution in [0.25, 0.3) is 11.4 Å². The van der Waals surface area contributed by atoms with Gasteiger partial charge in [-0.2, -0.15) is 0 Å². The van der Waals surface area contributed by atoms with Gasteiger partial charge in [-0.15, -0.1) is 5.10 Å². The Kier molecular flexibility index (Phi) is 3.32. The van der Waals surface area contributed by atoms with Crippen molar-refractivity contribution in [1.29, 1.82) is 0 Å². The van der Waals surface area contributed by atoms with Gasteiger partial charge in [0, 0.05) is 24.3 Å². The molecule has 7 nitrogen and oxygen atoms in total. The maximum absolute atomic E-state index is 11.8. The Bertz CT molecular complexity index is 605. The number of tetrazole rings is 1. The topological polar surface area (TPSA) is 84.0 Å². The molecule has 0 unspecified atom stereocenters. The monoisotopic (exact) mass is 273 g/mol. The fourth-order valence-electron chi connectivity index (χ4n) is 2.42. The number of nitrogens with zero attached hydrogens (tertiary/aromatic N) is 4. The zero-order valence-corrected chi connectivity index (χ0v) is 11.2. The number of aromatic amines is 1. The lowest BCUT2D eigenvalue weighted by atomic mass is 10.1. The maximum atomic E-state index is 11.8. The third-order valence-corrected chi connectivity index (χ3v) is 3.43. The third-order valence-electron chi connectivity index (χ3n) is 3.43. The van der Waals surface area contributed by atoms with Crippen molar-refractivity contribution in [2.75, 3.05) is 25.1 Å². The number of H-pyrrole nitrogens is 1. The lowest BCUT2D eigenvalue weighted by Gasteiger charge is -2.19. The Labute approximate surface area is 115 Å². The van der Waals surface area contributed by atoms with Crippen LogP contribution < -0.4 is 4.90 Å². The van der Waals surface area contributed by atoms with E-state index < -0.39 is 0 Å². The van der Waals surface area contributed by atoms with Gasteiger partial charge >= 0.3 is 5.97 Å². The normalized spacial score (nSPS) is 14.6. The summed E-state index contributed by atoms with van der Waals surface area (Å²) in [4.78, 5) is 14.0. The molecule has 2 heterocycles. The molecule has 0 aliphatic carbocycles. The Morgan fingerprint density at radius 2 is 2.10 bits per heavy atom. The second kappa shape index (κ2) is 5.28. The number of ether oxygens (including phenoxy) is 1. The maximum Gasteiger partial charge on any atom is 0.337 e. The van der Waals surface area contributed by atoms with Gasteiger partial charge in [-0.05, 0) is 41.5 Å². The van der Waals surface area contributed by atoms with E-state index in [9.17, 15) is 4.79 Å². The highest BCUT2D eigenvalue weighted by molar-refractivity contribution is 5.92. The van der Waals surface area contributed by atoms with E-state index in [1.165, 1.54) is 20.0 Å². The van der Waals surface area contributed by atoms with Gasteiger partial charge in [-0.3, -0.25) is 0 Å². The number of hydrogen-bond donors (Lipinski definition) is 1. The van der Waals surface area contributed by atoms with Gasteiger partial charge < -0.3 is 9.64 Å². The summed E-state index contributed by atoms with van der Waals surface area (Å²) in [5.74, 6) is 0.177. The van der Waals surface area contributed by atoms with Crippen LogP contribution in [0.15, 0.2) is 18.2 Å². The summed E-state index contributed by atoms with van der Waals surface area (Å²) < 4.78 is 4.81. The van der Waals surface area contributed by atoms with Crippen molar-refractivity contribution in [3.63, 3.8) is 0 Å². The first kappa shape index (κ1) is 12.6. The summed E-state index contributed by atoms with van der Waals surface area (Å²) in [5, 5.41) is 13.7. The first-order valence-electron chi connectivity index (χ1n) is 6.50. The molecule has 0 radical (unpaired) electrons. The van der Waals surface area contributed by atoms with E-state index in [4.69, 9.17) is 4.74 Å². The molecule has 20 heavy (non-hydrogen) atoms. The van der Waals surface area contributed by atoms with E-state index in [2.05, 4.69) is 25.5 Å². The highest BCUT2D eigenvalue weighted by atomic mass is 16.5. The van der Waals surface area contributed by atoms with Gasteiger partial charge in [0.15, 0.2) is 5.82 Å². The summed E-state index contributed by atoms with van der Waals surface area (Å²) in [7, 11) is 1.38. The molecule has 0 bridgehead atoms. The van der Waals surface area contributed by atoms with Crippen LogP contribution in [0.4, 0.5) is 5.69 Å². The summed E-state index contributed by atoms with van der Waals surface area (Å²) in [6.45, 7) is 2.00. The Morgan fingerprint density at radius 3 is 2.75 bits per heavy atom. The molecule has 2 aromatic rings. The van der Waals surface area contributed by atoms with E-state index in [1.54, 1.807) is 6.07 Å². The Balaban J connectivity index is 2.05. The van der Waals surface area contributed by atoms with Crippen LogP contribution in [0.1, 0.15) is 23.2 Å². The van der Waals surface area contributed by atoms with E-state index in [0.717, 1.165) is 24.3 Å². The van der Waals surface area contributed by atoms with Crippen molar-refractivity contribution in [2.45, 2.75) is 12.8 Å². The lowest BCUT2D eigenvalue weighted by molar-refractivity contribution is 0.0601. The van der Waals surface area contributed by atoms with Crippen molar-refractivity contribution in [3.8, 4) is 11.4 Å². The molecule has 1 aromatic heterocycles. The summed E-state index contributed by atoms with van der Waals surface area (Å²) in [5.41, 5.74) is 2.28. The molecule has 1 aliphatic rings. The van der Waals surface area contributed by atoms with E-state index in [-0.39, 0.29) is 5.97 Å². The number of aromatic nitrogens is 4. The van der Waals surface area contributed by atoms with Crippen molar-refractivity contribution < 1.29 is 9.53 Å². The number of anilines is 1. The van der Waals surface area contributed by atoms with Gasteiger partial charge in [-0.1, -0.05) is 0 Å². The Morgan fingerprint density at radius 1 is 1.30 bits per heavy atom. The quantitative estimate of drug-likeness (QED) is 0.847.